The van der Waals surface area contributed by atoms with Crippen molar-refractivity contribution < 1.29 is 13.6 Å². The minimum atomic E-state index is -2.60. The second kappa shape index (κ2) is 6.95. The maximum absolute atomic E-state index is 13.3. The van der Waals surface area contributed by atoms with Crippen LogP contribution >= 0.6 is 0 Å². The summed E-state index contributed by atoms with van der Waals surface area (Å²) >= 11 is 0. The van der Waals surface area contributed by atoms with Crippen LogP contribution in [0.3, 0.4) is 0 Å². The molecule has 0 aromatic heterocycles. The summed E-state index contributed by atoms with van der Waals surface area (Å²) in [5, 5.41) is 0. The van der Waals surface area contributed by atoms with Gasteiger partial charge < -0.3 is 4.90 Å². The average molecular weight is 322 g/mol. The number of piperidine rings is 2. The Morgan fingerprint density at radius 2 is 1.78 bits per heavy atom. The normalized spacial score (nSPS) is 25.3. The van der Waals surface area contributed by atoms with E-state index in [2.05, 4.69) is 17.0 Å². The SMILES string of the molecule is O=C([C@@H]1CCCCN1Cc1ccccc1)N1CCC(F)(F)CC1. The Hall–Kier alpha value is -1.49. The number of hydrogen-bond donors (Lipinski definition) is 0. The molecule has 1 atom stereocenters. The maximum atomic E-state index is 13.3. The van der Waals surface area contributed by atoms with Crippen molar-refractivity contribution in [1.29, 1.82) is 0 Å². The number of hydrogen-bond acceptors (Lipinski definition) is 2. The molecule has 1 aromatic carbocycles. The fraction of sp³-hybridized carbons (Fsp3) is 0.611. The van der Waals surface area contributed by atoms with Crippen LogP contribution in [-0.2, 0) is 11.3 Å². The van der Waals surface area contributed by atoms with Gasteiger partial charge in [-0.15, -0.1) is 0 Å². The molecule has 0 unspecified atom stereocenters. The topological polar surface area (TPSA) is 23.6 Å². The Balaban J connectivity index is 1.65. The first-order valence-corrected chi connectivity index (χ1v) is 8.50. The van der Waals surface area contributed by atoms with E-state index in [9.17, 15) is 13.6 Å². The Morgan fingerprint density at radius 3 is 2.48 bits per heavy atom. The Bertz CT molecular complexity index is 525. The molecule has 0 radical (unpaired) electrons. The van der Waals surface area contributed by atoms with Gasteiger partial charge in [0, 0.05) is 32.5 Å². The smallest absolute Gasteiger partial charge is 0.251 e. The lowest BCUT2D eigenvalue weighted by Crippen LogP contribution is -2.53. The molecule has 1 aromatic rings. The zero-order valence-electron chi connectivity index (χ0n) is 13.4. The highest BCUT2D eigenvalue weighted by molar-refractivity contribution is 5.82. The fourth-order valence-electron chi connectivity index (χ4n) is 3.54. The monoisotopic (exact) mass is 322 g/mol. The molecule has 0 spiro atoms. The van der Waals surface area contributed by atoms with E-state index >= 15 is 0 Å². The third-order valence-electron chi connectivity index (χ3n) is 4.93. The fourth-order valence-corrected chi connectivity index (χ4v) is 3.54. The molecule has 5 heteroatoms. The second-order valence-electron chi connectivity index (χ2n) is 6.65. The van der Waals surface area contributed by atoms with Gasteiger partial charge in [-0.3, -0.25) is 9.69 Å². The molecule has 2 aliphatic heterocycles. The van der Waals surface area contributed by atoms with Crippen LogP contribution in [-0.4, -0.2) is 47.3 Å². The van der Waals surface area contributed by atoms with Crippen LogP contribution in [0.15, 0.2) is 30.3 Å². The van der Waals surface area contributed by atoms with Gasteiger partial charge in [0.25, 0.3) is 5.92 Å². The van der Waals surface area contributed by atoms with E-state index in [1.54, 1.807) is 4.90 Å². The quantitative estimate of drug-likeness (QED) is 0.852. The first-order valence-electron chi connectivity index (χ1n) is 8.50. The van der Waals surface area contributed by atoms with Crippen LogP contribution in [0.1, 0.15) is 37.7 Å². The third-order valence-corrected chi connectivity index (χ3v) is 4.93. The van der Waals surface area contributed by atoms with Crippen molar-refractivity contribution in [2.24, 2.45) is 0 Å². The van der Waals surface area contributed by atoms with Gasteiger partial charge in [0.05, 0.1) is 6.04 Å². The van der Waals surface area contributed by atoms with Crippen molar-refractivity contribution in [2.75, 3.05) is 19.6 Å². The minimum Gasteiger partial charge on any atom is -0.341 e. The van der Waals surface area contributed by atoms with Crippen LogP contribution < -0.4 is 0 Å². The highest BCUT2D eigenvalue weighted by Crippen LogP contribution is 2.29. The summed E-state index contributed by atoms with van der Waals surface area (Å²) in [5.74, 6) is -2.57. The highest BCUT2D eigenvalue weighted by atomic mass is 19.3. The molecule has 23 heavy (non-hydrogen) atoms. The van der Waals surface area contributed by atoms with E-state index in [1.165, 1.54) is 5.56 Å². The number of nitrogens with zero attached hydrogens (tertiary/aromatic N) is 2. The first kappa shape index (κ1) is 16.4. The van der Waals surface area contributed by atoms with Crippen molar-refractivity contribution in [1.82, 2.24) is 9.80 Å². The average Bonchev–Trinajstić information content (AvgIpc) is 2.56. The van der Waals surface area contributed by atoms with E-state index < -0.39 is 5.92 Å². The van der Waals surface area contributed by atoms with Gasteiger partial charge in [-0.25, -0.2) is 8.78 Å². The molecule has 0 N–H and O–H groups in total. The lowest BCUT2D eigenvalue weighted by molar-refractivity contribution is -0.144. The molecule has 3 rings (SSSR count). The summed E-state index contributed by atoms with van der Waals surface area (Å²) in [5.41, 5.74) is 1.19. The van der Waals surface area contributed by atoms with E-state index in [0.29, 0.717) is 0 Å². The molecule has 0 saturated carbocycles. The van der Waals surface area contributed by atoms with Crippen molar-refractivity contribution in [3.63, 3.8) is 0 Å². The molecule has 2 aliphatic rings. The first-order chi connectivity index (χ1) is 11.1. The summed E-state index contributed by atoms with van der Waals surface area (Å²) < 4.78 is 26.6. The highest BCUT2D eigenvalue weighted by Gasteiger charge is 2.39. The zero-order valence-corrected chi connectivity index (χ0v) is 13.4. The number of benzene rings is 1. The van der Waals surface area contributed by atoms with Gasteiger partial charge in [-0.2, -0.15) is 0 Å². The van der Waals surface area contributed by atoms with Gasteiger partial charge in [-0.05, 0) is 24.9 Å². The Morgan fingerprint density at radius 1 is 1.09 bits per heavy atom. The van der Waals surface area contributed by atoms with E-state index in [0.717, 1.165) is 32.4 Å². The van der Waals surface area contributed by atoms with Crippen molar-refractivity contribution >= 4 is 5.91 Å². The number of rotatable bonds is 3. The molecule has 2 fully saturated rings. The number of carbonyl (C=O) groups is 1. The van der Waals surface area contributed by atoms with Crippen LogP contribution in [0.5, 0.6) is 0 Å². The Kier molecular flexibility index (Phi) is 4.95. The summed E-state index contributed by atoms with van der Waals surface area (Å²) in [6.07, 6.45) is 2.55. The van der Waals surface area contributed by atoms with Crippen LogP contribution in [0.25, 0.3) is 0 Å². The standard InChI is InChI=1S/C18H24F2N2O/c19-18(20)9-12-21(13-10-18)17(23)16-8-4-5-11-22(16)14-15-6-2-1-3-7-15/h1-3,6-7,16H,4-5,8-14H2/t16-/m0/s1. The molecule has 2 heterocycles. The summed E-state index contributed by atoms with van der Waals surface area (Å²) in [6, 6.07) is 9.97. The van der Waals surface area contributed by atoms with Gasteiger partial charge in [0.15, 0.2) is 0 Å². The summed E-state index contributed by atoms with van der Waals surface area (Å²) in [6.45, 7) is 2.01. The number of alkyl halides is 2. The predicted octanol–water partition coefficient (Wildman–Crippen LogP) is 3.30. The van der Waals surface area contributed by atoms with E-state index in [-0.39, 0.29) is 37.9 Å². The number of carbonyl (C=O) groups excluding carboxylic acids is 1. The molecule has 3 nitrogen and oxygen atoms in total. The third kappa shape index (κ3) is 4.08. The summed E-state index contributed by atoms with van der Waals surface area (Å²) in [4.78, 5) is 16.7. The van der Waals surface area contributed by atoms with E-state index in [4.69, 9.17) is 0 Å². The Labute approximate surface area is 136 Å². The molecular weight excluding hydrogens is 298 g/mol. The van der Waals surface area contributed by atoms with Crippen LogP contribution in [0.2, 0.25) is 0 Å². The number of likely N-dealkylation sites (tertiary alicyclic amines) is 2. The van der Waals surface area contributed by atoms with Gasteiger partial charge in [0.2, 0.25) is 5.91 Å². The summed E-state index contributed by atoms with van der Waals surface area (Å²) in [7, 11) is 0. The lowest BCUT2D eigenvalue weighted by atomic mass is 9.98. The van der Waals surface area contributed by atoms with Gasteiger partial charge in [-0.1, -0.05) is 36.8 Å². The molecule has 126 valence electrons. The predicted molar refractivity (Wildman–Crippen MR) is 85.3 cm³/mol. The maximum Gasteiger partial charge on any atom is 0.251 e. The minimum absolute atomic E-state index is 0.0381. The molecule has 0 bridgehead atoms. The lowest BCUT2D eigenvalue weighted by Gasteiger charge is -2.40. The van der Waals surface area contributed by atoms with Crippen molar-refractivity contribution in [3.8, 4) is 0 Å². The van der Waals surface area contributed by atoms with Gasteiger partial charge in [0.1, 0.15) is 0 Å². The largest absolute Gasteiger partial charge is 0.341 e. The molecular formula is C18H24F2N2O. The van der Waals surface area contributed by atoms with Crippen LogP contribution in [0, 0.1) is 0 Å². The van der Waals surface area contributed by atoms with Crippen molar-refractivity contribution in [3.05, 3.63) is 35.9 Å². The van der Waals surface area contributed by atoms with E-state index in [1.807, 2.05) is 18.2 Å². The second-order valence-corrected chi connectivity index (χ2v) is 6.65. The van der Waals surface area contributed by atoms with Crippen LogP contribution in [0.4, 0.5) is 8.78 Å². The van der Waals surface area contributed by atoms with Gasteiger partial charge >= 0.3 is 0 Å². The molecule has 2 saturated heterocycles. The molecule has 1 amide bonds. The van der Waals surface area contributed by atoms with Crippen molar-refractivity contribution in [2.45, 2.75) is 50.6 Å². The zero-order chi connectivity index (χ0) is 16.3. The number of halogens is 2. The molecule has 0 aliphatic carbocycles. The number of amides is 1.